The average molecular weight is 430 g/mol. The van der Waals surface area contributed by atoms with Crippen molar-refractivity contribution in [3.05, 3.63) is 46.4 Å². The van der Waals surface area contributed by atoms with Crippen LogP contribution in [0.25, 0.3) is 0 Å². The van der Waals surface area contributed by atoms with E-state index in [0.717, 1.165) is 60.0 Å². The lowest BCUT2D eigenvalue weighted by Crippen LogP contribution is -2.38. The first kappa shape index (κ1) is 21.2. The minimum Gasteiger partial charge on any atom is -0.373 e. The zero-order valence-corrected chi connectivity index (χ0v) is 19.1. The molecule has 2 aliphatic heterocycles. The van der Waals surface area contributed by atoms with Crippen LogP contribution in [0.1, 0.15) is 47.0 Å². The number of sulfonamides is 1. The number of likely N-dealkylation sites (N-methyl/N-ethyl adjacent to an activating group) is 1. The predicted octanol–water partition coefficient (Wildman–Crippen LogP) is 2.69. The van der Waals surface area contributed by atoms with Crippen LogP contribution in [0.2, 0.25) is 0 Å². The molecule has 0 amide bonds. The highest BCUT2D eigenvalue weighted by Gasteiger charge is 2.32. The van der Waals surface area contributed by atoms with Gasteiger partial charge in [-0.25, -0.2) is 18.4 Å². The third-order valence-corrected chi connectivity index (χ3v) is 8.23. The van der Waals surface area contributed by atoms with Crippen LogP contribution in [0.15, 0.2) is 23.1 Å². The second-order valence-electron chi connectivity index (χ2n) is 8.54. The number of likely N-dealkylation sites (tertiary alicyclic amines) is 1. The molecule has 0 saturated carbocycles. The van der Waals surface area contributed by atoms with Crippen molar-refractivity contribution in [2.45, 2.75) is 50.5 Å². The topological polar surface area (TPSA) is 78.4 Å². The quantitative estimate of drug-likeness (QED) is 0.805. The number of nitrogens with zero attached hydrogens (tertiary/aromatic N) is 4. The van der Waals surface area contributed by atoms with Crippen molar-refractivity contribution in [1.82, 2.24) is 19.2 Å². The van der Waals surface area contributed by atoms with Gasteiger partial charge < -0.3 is 10.2 Å². The monoisotopic (exact) mass is 429 g/mol. The molecular weight excluding hydrogens is 398 g/mol. The van der Waals surface area contributed by atoms with Crippen molar-refractivity contribution in [2.24, 2.45) is 0 Å². The SMILES string of the molecule is CNc1nc([C@H]2CCCN(C)C2)nc2c1CCN(S(=O)(=O)c1ccc(C)c(C)c1)C2. The van der Waals surface area contributed by atoms with Gasteiger partial charge in [0.05, 0.1) is 17.1 Å². The summed E-state index contributed by atoms with van der Waals surface area (Å²) < 4.78 is 28.2. The summed E-state index contributed by atoms with van der Waals surface area (Å²) in [6.07, 6.45) is 2.81. The number of aryl methyl sites for hydroxylation is 2. The van der Waals surface area contributed by atoms with E-state index < -0.39 is 10.0 Å². The number of nitrogens with one attached hydrogen (secondary N) is 1. The predicted molar refractivity (Wildman–Crippen MR) is 118 cm³/mol. The maximum atomic E-state index is 13.3. The minimum absolute atomic E-state index is 0.285. The van der Waals surface area contributed by atoms with Crippen LogP contribution < -0.4 is 5.32 Å². The maximum absolute atomic E-state index is 13.3. The van der Waals surface area contributed by atoms with Crippen molar-refractivity contribution < 1.29 is 8.42 Å². The third-order valence-electron chi connectivity index (χ3n) is 6.39. The molecule has 2 aromatic rings. The molecule has 30 heavy (non-hydrogen) atoms. The van der Waals surface area contributed by atoms with Gasteiger partial charge in [-0.15, -0.1) is 0 Å². The van der Waals surface area contributed by atoms with Crippen LogP contribution in [0, 0.1) is 13.8 Å². The molecule has 1 saturated heterocycles. The smallest absolute Gasteiger partial charge is 0.243 e. The van der Waals surface area contributed by atoms with Crippen molar-refractivity contribution in [3.63, 3.8) is 0 Å². The third kappa shape index (κ3) is 3.96. The van der Waals surface area contributed by atoms with Crippen molar-refractivity contribution in [3.8, 4) is 0 Å². The number of benzene rings is 1. The van der Waals surface area contributed by atoms with E-state index in [1.165, 1.54) is 0 Å². The molecule has 0 bridgehead atoms. The molecule has 162 valence electrons. The molecule has 0 aliphatic carbocycles. The molecule has 0 spiro atoms. The largest absolute Gasteiger partial charge is 0.373 e. The molecule has 1 N–H and O–H groups in total. The Morgan fingerprint density at radius 2 is 1.93 bits per heavy atom. The Bertz CT molecular complexity index is 1050. The van der Waals surface area contributed by atoms with E-state index in [0.29, 0.717) is 17.9 Å². The molecule has 7 nitrogen and oxygen atoms in total. The number of fused-ring (bicyclic) bond motifs is 1. The Morgan fingerprint density at radius 1 is 1.13 bits per heavy atom. The highest BCUT2D eigenvalue weighted by atomic mass is 32.2. The van der Waals surface area contributed by atoms with Gasteiger partial charge in [-0.05, 0) is 70.0 Å². The normalized spacial score (nSPS) is 20.7. The van der Waals surface area contributed by atoms with E-state index in [4.69, 9.17) is 9.97 Å². The molecule has 1 fully saturated rings. The van der Waals surface area contributed by atoms with Crippen LogP contribution in [-0.2, 0) is 23.0 Å². The first-order valence-corrected chi connectivity index (χ1v) is 12.1. The number of piperidine rings is 1. The second kappa shape index (κ2) is 8.24. The fraction of sp³-hybridized carbons (Fsp3) is 0.545. The maximum Gasteiger partial charge on any atom is 0.243 e. The van der Waals surface area contributed by atoms with Gasteiger partial charge in [0.2, 0.25) is 10.0 Å². The summed E-state index contributed by atoms with van der Waals surface area (Å²) in [5.74, 6) is 1.95. The molecule has 8 heteroatoms. The Labute approximate surface area is 179 Å². The average Bonchev–Trinajstić information content (AvgIpc) is 2.74. The van der Waals surface area contributed by atoms with Gasteiger partial charge in [0.25, 0.3) is 0 Å². The van der Waals surface area contributed by atoms with Crippen molar-refractivity contribution in [2.75, 3.05) is 39.0 Å². The molecule has 1 aromatic heterocycles. The Balaban J connectivity index is 1.66. The van der Waals surface area contributed by atoms with Gasteiger partial charge in [-0.1, -0.05) is 6.07 Å². The summed E-state index contributed by atoms with van der Waals surface area (Å²) >= 11 is 0. The van der Waals surface area contributed by atoms with Crippen LogP contribution in [-0.4, -0.2) is 61.3 Å². The van der Waals surface area contributed by atoms with Crippen LogP contribution in [0.5, 0.6) is 0 Å². The first-order chi connectivity index (χ1) is 14.3. The number of hydrogen-bond acceptors (Lipinski definition) is 6. The first-order valence-electron chi connectivity index (χ1n) is 10.6. The molecule has 4 rings (SSSR count). The lowest BCUT2D eigenvalue weighted by Gasteiger charge is -2.32. The molecule has 2 aliphatic rings. The summed E-state index contributed by atoms with van der Waals surface area (Å²) in [6.45, 7) is 6.70. The van der Waals surface area contributed by atoms with Crippen LogP contribution >= 0.6 is 0 Å². The van der Waals surface area contributed by atoms with Gasteiger partial charge in [-0.3, -0.25) is 0 Å². The van der Waals surface area contributed by atoms with E-state index in [-0.39, 0.29) is 12.5 Å². The fourth-order valence-electron chi connectivity index (χ4n) is 4.42. The van der Waals surface area contributed by atoms with E-state index >= 15 is 0 Å². The number of hydrogen-bond donors (Lipinski definition) is 1. The Hall–Kier alpha value is -2.03. The summed E-state index contributed by atoms with van der Waals surface area (Å²) in [5, 5.41) is 3.21. The number of anilines is 1. The number of rotatable bonds is 4. The molecule has 0 unspecified atom stereocenters. The van der Waals surface area contributed by atoms with Gasteiger partial charge >= 0.3 is 0 Å². The van der Waals surface area contributed by atoms with E-state index in [2.05, 4.69) is 17.3 Å². The Morgan fingerprint density at radius 3 is 2.63 bits per heavy atom. The van der Waals surface area contributed by atoms with Gasteiger partial charge in [0, 0.05) is 31.6 Å². The van der Waals surface area contributed by atoms with Gasteiger partial charge in [0.15, 0.2) is 0 Å². The van der Waals surface area contributed by atoms with Crippen molar-refractivity contribution >= 4 is 15.8 Å². The zero-order valence-electron chi connectivity index (χ0n) is 18.3. The van der Waals surface area contributed by atoms with Gasteiger partial charge in [-0.2, -0.15) is 4.31 Å². The van der Waals surface area contributed by atoms with E-state index in [1.807, 2.05) is 27.0 Å². The molecule has 1 aromatic carbocycles. The lowest BCUT2D eigenvalue weighted by atomic mass is 9.96. The molecule has 0 radical (unpaired) electrons. The second-order valence-corrected chi connectivity index (χ2v) is 10.5. The van der Waals surface area contributed by atoms with Gasteiger partial charge in [0.1, 0.15) is 11.6 Å². The van der Waals surface area contributed by atoms with Crippen molar-refractivity contribution in [1.29, 1.82) is 0 Å². The molecule has 1 atom stereocenters. The summed E-state index contributed by atoms with van der Waals surface area (Å²) in [6, 6.07) is 5.34. The van der Waals surface area contributed by atoms with E-state index in [9.17, 15) is 8.42 Å². The fourth-order valence-corrected chi connectivity index (χ4v) is 5.91. The van der Waals surface area contributed by atoms with Crippen LogP contribution in [0.3, 0.4) is 0 Å². The standard InChI is InChI=1S/C22H31N5O2S/c1-15-7-8-18(12-16(15)2)30(28,29)27-11-9-19-20(14-27)24-21(25-22(19)23-3)17-6-5-10-26(4)13-17/h7-8,12,17H,5-6,9-11,13-14H2,1-4H3,(H,23,24,25)/t17-/m0/s1. The Kier molecular flexibility index (Phi) is 5.83. The number of aromatic nitrogens is 2. The van der Waals surface area contributed by atoms with Crippen LogP contribution in [0.4, 0.5) is 5.82 Å². The summed E-state index contributed by atoms with van der Waals surface area (Å²) in [4.78, 5) is 12.4. The lowest BCUT2D eigenvalue weighted by molar-refractivity contribution is 0.245. The molecule has 3 heterocycles. The minimum atomic E-state index is -3.57. The zero-order chi connectivity index (χ0) is 21.5. The highest BCUT2D eigenvalue weighted by Crippen LogP contribution is 2.31. The van der Waals surface area contributed by atoms with E-state index in [1.54, 1.807) is 16.4 Å². The summed E-state index contributed by atoms with van der Waals surface area (Å²) in [5.41, 5.74) is 3.94. The highest BCUT2D eigenvalue weighted by molar-refractivity contribution is 7.89. The summed E-state index contributed by atoms with van der Waals surface area (Å²) in [7, 11) is 0.433. The molecular formula is C22H31N5O2S.